The van der Waals surface area contributed by atoms with Crippen LogP contribution in [0.15, 0.2) is 60.8 Å². The number of carbonyl (C=O) groups excluding carboxylic acids is 1. The smallest absolute Gasteiger partial charge is 0.345 e. The van der Waals surface area contributed by atoms with Crippen LogP contribution in [0.5, 0.6) is 0 Å². The Hall–Kier alpha value is -3.23. The lowest BCUT2D eigenvalue weighted by atomic mass is 10.0. The van der Waals surface area contributed by atoms with Gasteiger partial charge in [0.15, 0.2) is 0 Å². The molecule has 0 unspecified atom stereocenters. The second-order valence-electron chi connectivity index (χ2n) is 8.44. The molecule has 1 heterocycles. The van der Waals surface area contributed by atoms with E-state index in [4.69, 9.17) is 0 Å². The molecule has 34 heavy (non-hydrogen) atoms. The number of nitrogens with zero attached hydrogens (tertiary/aromatic N) is 2. The van der Waals surface area contributed by atoms with E-state index in [1.54, 1.807) is 26.0 Å². The van der Waals surface area contributed by atoms with Crippen molar-refractivity contribution in [3.05, 3.63) is 94.3 Å². The van der Waals surface area contributed by atoms with Crippen LogP contribution in [0.3, 0.4) is 0 Å². The number of aromatic nitrogens is 1. The minimum atomic E-state index is -5.03. The lowest BCUT2D eigenvalue weighted by Gasteiger charge is -2.28. The first-order chi connectivity index (χ1) is 15.8. The Labute approximate surface area is 193 Å². The van der Waals surface area contributed by atoms with Crippen LogP contribution in [-0.2, 0) is 25.4 Å². The molecule has 9 heteroatoms. The van der Waals surface area contributed by atoms with Crippen molar-refractivity contribution >= 4 is 5.91 Å². The first-order valence-corrected chi connectivity index (χ1v) is 10.6. The van der Waals surface area contributed by atoms with Crippen LogP contribution in [0.4, 0.5) is 26.3 Å². The van der Waals surface area contributed by atoms with Crippen LogP contribution in [0.25, 0.3) is 0 Å². The van der Waals surface area contributed by atoms with Gasteiger partial charge in [-0.05, 0) is 56.7 Å². The maximum Gasteiger partial charge on any atom is 0.416 e. The molecule has 182 valence electrons. The summed E-state index contributed by atoms with van der Waals surface area (Å²) >= 11 is 0. The van der Waals surface area contributed by atoms with Crippen LogP contribution in [0.1, 0.15) is 52.2 Å². The minimum absolute atomic E-state index is 0.0174. The van der Waals surface area contributed by atoms with Crippen molar-refractivity contribution in [1.82, 2.24) is 9.47 Å². The largest absolute Gasteiger partial charge is 0.416 e. The third kappa shape index (κ3) is 6.01. The molecule has 3 rings (SSSR count). The molecule has 0 atom stereocenters. The number of aryl methyl sites for hydroxylation is 1. The van der Waals surface area contributed by atoms with Gasteiger partial charge < -0.3 is 9.47 Å². The maximum atomic E-state index is 13.3. The van der Waals surface area contributed by atoms with Crippen LogP contribution >= 0.6 is 0 Å². The Morgan fingerprint density at radius 3 is 2.06 bits per heavy atom. The molecule has 1 amide bonds. The lowest BCUT2D eigenvalue weighted by Crippen LogP contribution is -2.37. The number of hydrogen-bond acceptors (Lipinski definition) is 1. The van der Waals surface area contributed by atoms with Gasteiger partial charge in [-0.25, -0.2) is 0 Å². The van der Waals surface area contributed by atoms with Gasteiger partial charge in [-0.3, -0.25) is 4.79 Å². The van der Waals surface area contributed by atoms with Crippen molar-refractivity contribution in [3.63, 3.8) is 0 Å². The van der Waals surface area contributed by atoms with Crippen LogP contribution < -0.4 is 0 Å². The fourth-order valence-electron chi connectivity index (χ4n) is 3.66. The van der Waals surface area contributed by atoms with Gasteiger partial charge in [0.2, 0.25) is 0 Å². The molecule has 3 nitrogen and oxygen atoms in total. The molecule has 0 bridgehead atoms. The number of rotatable bonds is 6. The van der Waals surface area contributed by atoms with Crippen molar-refractivity contribution in [3.8, 4) is 0 Å². The molecule has 0 saturated carbocycles. The summed E-state index contributed by atoms with van der Waals surface area (Å²) in [6, 6.07) is 11.9. The Balaban J connectivity index is 1.94. The summed E-state index contributed by atoms with van der Waals surface area (Å²) in [5.41, 5.74) is -0.892. The molecule has 0 saturated heterocycles. The minimum Gasteiger partial charge on any atom is -0.345 e. The van der Waals surface area contributed by atoms with Gasteiger partial charge in [-0.1, -0.05) is 29.8 Å². The Morgan fingerprint density at radius 1 is 0.912 bits per heavy atom. The zero-order valence-electron chi connectivity index (χ0n) is 18.8. The molecule has 0 aliphatic carbocycles. The summed E-state index contributed by atoms with van der Waals surface area (Å²) in [6.07, 6.45) is -8.24. The average Bonchev–Trinajstić information content (AvgIpc) is 3.16. The van der Waals surface area contributed by atoms with Gasteiger partial charge in [-0.2, -0.15) is 26.3 Å². The summed E-state index contributed by atoms with van der Waals surface area (Å²) in [7, 11) is 0. The summed E-state index contributed by atoms with van der Waals surface area (Å²) in [5, 5.41) is 0. The molecule has 0 aliphatic heterocycles. The summed E-state index contributed by atoms with van der Waals surface area (Å²) in [5.74, 6) is -0.907. The number of alkyl halides is 6. The van der Waals surface area contributed by atoms with Crippen molar-refractivity contribution in [2.45, 2.75) is 52.3 Å². The van der Waals surface area contributed by atoms with Crippen molar-refractivity contribution in [2.75, 3.05) is 0 Å². The second-order valence-corrected chi connectivity index (χ2v) is 8.44. The molecule has 2 aromatic carbocycles. The van der Waals surface area contributed by atoms with E-state index in [9.17, 15) is 31.1 Å². The molecule has 0 radical (unpaired) electrons. The highest BCUT2D eigenvalue weighted by molar-refractivity contribution is 5.95. The standard InChI is InChI=1S/C25H24F6N2O/c1-16(2)33(15-22-8-5-9-32(22)14-18-7-4-6-17(3)10-18)23(34)19-11-20(24(26,27)28)13-21(12-19)25(29,30)31/h4-13,16H,14-15H2,1-3H3. The predicted octanol–water partition coefficient (Wildman–Crippen LogP) is 6.93. The van der Waals surface area contributed by atoms with E-state index in [2.05, 4.69) is 0 Å². The lowest BCUT2D eigenvalue weighted by molar-refractivity contribution is -0.143. The van der Waals surface area contributed by atoms with Gasteiger partial charge >= 0.3 is 12.4 Å². The van der Waals surface area contributed by atoms with E-state index in [1.807, 2.05) is 42.0 Å². The quantitative estimate of drug-likeness (QED) is 0.350. The van der Waals surface area contributed by atoms with E-state index in [-0.39, 0.29) is 12.6 Å². The first kappa shape index (κ1) is 25.4. The highest BCUT2D eigenvalue weighted by Gasteiger charge is 2.38. The SMILES string of the molecule is Cc1cccc(Cn2cccc2CN(C(=O)c2cc(C(F)(F)F)cc(C(F)(F)F)c2)C(C)C)c1. The normalized spacial score (nSPS) is 12.3. The summed E-state index contributed by atoms with van der Waals surface area (Å²) < 4.78 is 81.4. The summed E-state index contributed by atoms with van der Waals surface area (Å²) in [6.45, 7) is 5.80. The van der Waals surface area contributed by atoms with Crippen molar-refractivity contribution in [1.29, 1.82) is 0 Å². The van der Waals surface area contributed by atoms with Gasteiger partial charge in [0, 0.05) is 30.0 Å². The van der Waals surface area contributed by atoms with Crippen LogP contribution in [-0.4, -0.2) is 21.4 Å². The zero-order valence-corrected chi connectivity index (χ0v) is 18.8. The topological polar surface area (TPSA) is 25.2 Å². The third-order valence-electron chi connectivity index (χ3n) is 5.41. The Bertz CT molecular complexity index is 1130. The second kappa shape index (κ2) is 9.56. The molecular weight excluding hydrogens is 458 g/mol. The molecular formula is C25H24F6N2O. The molecule has 1 aromatic heterocycles. The monoisotopic (exact) mass is 482 g/mol. The van der Waals surface area contributed by atoms with Crippen LogP contribution in [0, 0.1) is 6.92 Å². The van der Waals surface area contributed by atoms with E-state index in [0.717, 1.165) is 11.1 Å². The maximum absolute atomic E-state index is 13.3. The predicted molar refractivity (Wildman–Crippen MR) is 116 cm³/mol. The number of benzene rings is 2. The van der Waals surface area contributed by atoms with E-state index in [1.165, 1.54) is 4.90 Å². The number of amides is 1. The molecule has 0 spiro atoms. The van der Waals surface area contributed by atoms with Gasteiger partial charge in [0.05, 0.1) is 17.7 Å². The molecule has 3 aromatic rings. The van der Waals surface area contributed by atoms with E-state index >= 15 is 0 Å². The van der Waals surface area contributed by atoms with Crippen molar-refractivity contribution in [2.24, 2.45) is 0 Å². The number of halogens is 6. The third-order valence-corrected chi connectivity index (χ3v) is 5.41. The molecule has 0 aliphatic rings. The van der Waals surface area contributed by atoms with Gasteiger partial charge in [0.1, 0.15) is 0 Å². The van der Waals surface area contributed by atoms with E-state index < -0.39 is 41.0 Å². The van der Waals surface area contributed by atoms with Crippen LogP contribution in [0.2, 0.25) is 0 Å². The Kier molecular flexibility index (Phi) is 7.14. The Morgan fingerprint density at radius 2 is 1.53 bits per heavy atom. The fourth-order valence-corrected chi connectivity index (χ4v) is 3.66. The van der Waals surface area contributed by atoms with Gasteiger partial charge in [-0.15, -0.1) is 0 Å². The molecule has 0 N–H and O–H groups in total. The van der Waals surface area contributed by atoms with Gasteiger partial charge in [0.25, 0.3) is 5.91 Å². The average molecular weight is 482 g/mol. The number of carbonyl (C=O) groups is 1. The zero-order chi connectivity index (χ0) is 25.3. The molecule has 0 fully saturated rings. The van der Waals surface area contributed by atoms with E-state index in [0.29, 0.717) is 24.4 Å². The first-order valence-electron chi connectivity index (χ1n) is 10.6. The fraction of sp³-hybridized carbons (Fsp3) is 0.320. The highest BCUT2D eigenvalue weighted by atomic mass is 19.4. The van der Waals surface area contributed by atoms with Crippen molar-refractivity contribution < 1.29 is 31.1 Å². The summed E-state index contributed by atoms with van der Waals surface area (Å²) in [4.78, 5) is 14.4. The highest BCUT2D eigenvalue weighted by Crippen LogP contribution is 2.36. The number of hydrogen-bond donors (Lipinski definition) is 0.